The molecule has 0 amide bonds. The van der Waals surface area contributed by atoms with Crippen LogP contribution in [0.4, 0.5) is 0 Å². The maximum atomic E-state index is 14.5. The zero-order chi connectivity index (χ0) is 54.9. The molecule has 3 fully saturated rings. The van der Waals surface area contributed by atoms with Gasteiger partial charge in [-0.15, -0.1) is 0 Å². The molecular formula is C56H94N5O13+. The number of nitrogens with zero attached hydrogens (tertiary/aromatic N) is 3. The van der Waals surface area contributed by atoms with Gasteiger partial charge in [0.2, 0.25) is 5.88 Å². The summed E-state index contributed by atoms with van der Waals surface area (Å²) in [6.07, 6.45) is -0.969. The third kappa shape index (κ3) is 15.7. The summed E-state index contributed by atoms with van der Waals surface area (Å²) in [6, 6.07) is 11.3. The lowest BCUT2D eigenvalue weighted by atomic mass is 9.77. The predicted molar refractivity (Wildman–Crippen MR) is 281 cm³/mol. The van der Waals surface area contributed by atoms with Crippen molar-refractivity contribution < 1.29 is 69.2 Å². The molecular weight excluding hydrogens is 951 g/mol. The number of hydrogen-bond acceptors (Lipinski definition) is 17. The van der Waals surface area contributed by atoms with Crippen LogP contribution in [-0.2, 0) is 39.6 Å². The molecule has 420 valence electrons. The minimum Gasteiger partial charge on any atom is -0.481 e. The smallest absolute Gasteiger partial charge is 0.311 e. The van der Waals surface area contributed by atoms with Crippen LogP contribution in [0.25, 0.3) is 11.1 Å². The van der Waals surface area contributed by atoms with E-state index < -0.39 is 89.9 Å². The van der Waals surface area contributed by atoms with Gasteiger partial charge in [0, 0.05) is 75.3 Å². The minimum absolute atomic E-state index is 0.0457. The molecule has 3 aliphatic heterocycles. The number of cyclic esters (lactones) is 1. The van der Waals surface area contributed by atoms with Crippen molar-refractivity contribution in [3.63, 3.8) is 0 Å². The zero-order valence-corrected chi connectivity index (χ0v) is 46.9. The van der Waals surface area contributed by atoms with Crippen molar-refractivity contribution in [2.75, 3.05) is 48.0 Å². The van der Waals surface area contributed by atoms with E-state index in [1.165, 1.54) is 14.0 Å². The van der Waals surface area contributed by atoms with Gasteiger partial charge in [-0.25, -0.2) is 4.98 Å². The molecule has 1 aromatic heterocycles. The maximum Gasteiger partial charge on any atom is 0.311 e. The van der Waals surface area contributed by atoms with Crippen LogP contribution in [0, 0.1) is 17.8 Å². The number of pyridine rings is 1. The lowest BCUT2D eigenvalue weighted by Crippen LogP contribution is -2.59. The summed E-state index contributed by atoms with van der Waals surface area (Å²) in [6.45, 7) is 19.1. The van der Waals surface area contributed by atoms with Gasteiger partial charge in [0.15, 0.2) is 12.6 Å². The second kappa shape index (κ2) is 26.8. The maximum absolute atomic E-state index is 14.5. The van der Waals surface area contributed by atoms with E-state index in [1.54, 1.807) is 47.9 Å². The summed E-state index contributed by atoms with van der Waals surface area (Å²) >= 11 is 0. The lowest BCUT2D eigenvalue weighted by Gasteiger charge is -2.48. The Labute approximate surface area is 441 Å². The molecule has 3 aliphatic rings. The van der Waals surface area contributed by atoms with Crippen molar-refractivity contribution in [3.05, 3.63) is 60.1 Å². The number of aliphatic hydroxyl groups excluding tert-OH is 3. The van der Waals surface area contributed by atoms with Crippen molar-refractivity contribution in [1.29, 1.82) is 0 Å². The van der Waals surface area contributed by atoms with Crippen molar-refractivity contribution in [2.45, 2.75) is 204 Å². The number of benzene rings is 1. The number of rotatable bonds is 17. The van der Waals surface area contributed by atoms with E-state index in [0.717, 1.165) is 28.8 Å². The van der Waals surface area contributed by atoms with Gasteiger partial charge in [0.1, 0.15) is 29.6 Å². The molecule has 74 heavy (non-hydrogen) atoms. The molecule has 0 aliphatic carbocycles. The van der Waals surface area contributed by atoms with Crippen LogP contribution in [0.15, 0.2) is 54.5 Å². The lowest BCUT2D eigenvalue weighted by molar-refractivity contribution is -0.309. The third-order valence-electron chi connectivity index (χ3n) is 16.3. The molecule has 18 atom stereocenters. The Hall–Kier alpha value is -3.34. The Bertz CT molecular complexity index is 2060. The Morgan fingerprint density at radius 1 is 0.959 bits per heavy atom. The molecule has 9 N–H and O–H groups in total. The number of esters is 1. The molecule has 0 spiro atoms. The number of quaternary nitrogens is 1. The molecule has 1 aromatic carbocycles. The molecule has 2 aromatic rings. The molecule has 0 saturated carbocycles. The molecule has 5 rings (SSSR count). The fourth-order valence-corrected chi connectivity index (χ4v) is 11.4. The fourth-order valence-electron chi connectivity index (χ4n) is 11.4. The third-order valence-corrected chi connectivity index (χ3v) is 16.3. The number of nitrogens with one attached hydrogen (secondary N) is 1. The topological polar surface area (TPSA) is 242 Å². The highest BCUT2D eigenvalue weighted by atomic mass is 16.7. The van der Waals surface area contributed by atoms with E-state index in [4.69, 9.17) is 33.2 Å². The normalized spacial score (nSPS) is 37.9. The van der Waals surface area contributed by atoms with Crippen LogP contribution in [0.1, 0.15) is 113 Å². The van der Waals surface area contributed by atoms with E-state index in [0.29, 0.717) is 38.2 Å². The van der Waals surface area contributed by atoms with Gasteiger partial charge < -0.3 is 79.5 Å². The van der Waals surface area contributed by atoms with Gasteiger partial charge >= 0.3 is 5.97 Å². The second-order valence-corrected chi connectivity index (χ2v) is 22.7. The summed E-state index contributed by atoms with van der Waals surface area (Å²) < 4.78 is 43.9. The number of methoxy groups -OCH3 is 2. The number of hydrogen-bond donors (Lipinski definition) is 7. The molecule has 18 heteroatoms. The molecule has 0 radical (unpaired) electrons. The van der Waals surface area contributed by atoms with Crippen molar-refractivity contribution in [3.8, 4) is 17.0 Å². The van der Waals surface area contributed by atoms with Crippen LogP contribution in [0.2, 0.25) is 0 Å². The first-order chi connectivity index (χ1) is 34.8. The Morgan fingerprint density at radius 2 is 1.64 bits per heavy atom. The van der Waals surface area contributed by atoms with Crippen LogP contribution < -0.4 is 15.8 Å². The first-order valence-corrected chi connectivity index (χ1v) is 26.8. The average molecular weight is 1050 g/mol. The van der Waals surface area contributed by atoms with E-state index >= 15 is 0 Å². The molecule has 0 bridgehead atoms. The second-order valence-electron chi connectivity index (χ2n) is 22.7. The SMILES string of the molecule is CC[C@H]1OC(=O)[C@H](C)[C@@H](O[C@H]2C[C@@](C)(OC)[C@@H](O)[C@H](C)O2)[C@H](C)[C@@H](O[C@H]2C[C@@H](N(C)CC/C([NH3+])=C/N[C@H](CO)Cc3ccc(-c4ccc(OC)nc4)cc3)C[C@@H](C)O2)[C@](C)(O)C[C@@H](C)CN(C)[C@H](C)[C@@H](O)[C@]1(C)O. The first-order valence-electron chi connectivity index (χ1n) is 26.8. The highest BCUT2D eigenvalue weighted by molar-refractivity contribution is 5.73. The number of ether oxygens (including phenoxy) is 7. The van der Waals surface area contributed by atoms with Gasteiger partial charge in [-0.1, -0.05) is 45.0 Å². The van der Waals surface area contributed by atoms with Crippen LogP contribution >= 0.6 is 0 Å². The summed E-state index contributed by atoms with van der Waals surface area (Å²) in [4.78, 5) is 23.0. The van der Waals surface area contributed by atoms with Gasteiger partial charge in [0.05, 0.1) is 67.5 Å². The number of likely N-dealkylation sites (N-methyl/N-ethyl adjacent to an activating group) is 1. The molecule has 0 unspecified atom stereocenters. The standard InChI is InChI=1S/C56H93N5O13/c1-15-45-56(10,67)50(63)37(6)61(12)31-33(2)27-54(8,66)52(35(4)49(36(5)53(65)72-45)73-48-28-55(9,69-14)51(64)38(7)71-48)74-47-26-44(24-34(3)70-47)60(11)23-22-42(57)30-58-43(32-62)25-39-16-18-40(19-17-39)41-20-21-46(68-13)59-29-41/h16-21,29-30,33-38,43-45,47-52,58,62-64,66-67H,15,22-28,31-32,57H2,1-14H3/p+1/b42-30-/t33-,34-,35+,36-,37-,38+,43+,44+,45-,47+,48+,49+,50-,51+,52-,54-,55-,56-/m1/s1. The van der Waals surface area contributed by atoms with Crippen LogP contribution in [0.3, 0.4) is 0 Å². The highest BCUT2D eigenvalue weighted by Gasteiger charge is 2.52. The average Bonchev–Trinajstić information content (AvgIpc) is 3.36. The van der Waals surface area contributed by atoms with Crippen LogP contribution in [0.5, 0.6) is 5.88 Å². The molecule has 18 nitrogen and oxygen atoms in total. The van der Waals surface area contributed by atoms with E-state index in [2.05, 4.69) is 52.2 Å². The number of carbonyl (C=O) groups excluding carboxylic acids is 1. The van der Waals surface area contributed by atoms with Crippen molar-refractivity contribution in [1.82, 2.24) is 20.1 Å². The van der Waals surface area contributed by atoms with Crippen molar-refractivity contribution >= 4 is 5.97 Å². The Balaban J connectivity index is 1.35. The van der Waals surface area contributed by atoms with Gasteiger partial charge in [-0.3, -0.25) is 4.79 Å². The van der Waals surface area contributed by atoms with Gasteiger partial charge in [-0.2, -0.15) is 0 Å². The van der Waals surface area contributed by atoms with Gasteiger partial charge in [0.25, 0.3) is 0 Å². The summed E-state index contributed by atoms with van der Waals surface area (Å²) in [7, 11) is 7.07. The monoisotopic (exact) mass is 1040 g/mol. The zero-order valence-electron chi connectivity index (χ0n) is 46.9. The fraction of sp³-hybridized carbons (Fsp3) is 0.750. The minimum atomic E-state index is -1.81. The summed E-state index contributed by atoms with van der Waals surface area (Å²) in [5.74, 6) is -1.93. The van der Waals surface area contributed by atoms with Crippen molar-refractivity contribution in [2.24, 2.45) is 17.8 Å². The molecule has 3 saturated heterocycles. The number of carbonyl (C=O) groups is 1. The van der Waals surface area contributed by atoms with E-state index in [1.807, 2.05) is 58.0 Å². The highest BCUT2D eigenvalue weighted by Crippen LogP contribution is 2.40. The van der Waals surface area contributed by atoms with Gasteiger partial charge in [-0.05, 0) is 111 Å². The summed E-state index contributed by atoms with van der Waals surface area (Å²) in [5, 5.41) is 61.2. The first kappa shape index (κ1) is 61.5. The van der Waals surface area contributed by atoms with Crippen LogP contribution in [-0.4, -0.2) is 185 Å². The number of aromatic nitrogens is 1. The largest absolute Gasteiger partial charge is 0.481 e. The van der Waals surface area contributed by atoms with E-state index in [9.17, 15) is 30.3 Å². The predicted octanol–water partition coefficient (Wildman–Crippen LogP) is 4.04. The Kier molecular flexibility index (Phi) is 22.3. The quantitative estimate of drug-likeness (QED) is 0.111. The Morgan fingerprint density at radius 3 is 2.24 bits per heavy atom. The molecule has 4 heterocycles. The number of aliphatic hydroxyl groups is 5. The summed E-state index contributed by atoms with van der Waals surface area (Å²) in [5.41, 5.74) is 3.98. The van der Waals surface area contributed by atoms with E-state index in [-0.39, 0.29) is 50.0 Å².